The second kappa shape index (κ2) is 23.8. The molecule has 1 fully saturated rings. The molecule has 0 aromatic heterocycles. The Morgan fingerprint density at radius 3 is 1.72 bits per heavy atom. The summed E-state index contributed by atoms with van der Waals surface area (Å²) in [6.07, 6.45) is 3.56. The van der Waals surface area contributed by atoms with Crippen LogP contribution in [0, 0.1) is 35.5 Å². The van der Waals surface area contributed by atoms with Gasteiger partial charge in [0.25, 0.3) is 0 Å². The number of carbonyl (C=O) groups is 8. The van der Waals surface area contributed by atoms with Crippen molar-refractivity contribution < 1.29 is 76.3 Å². The van der Waals surface area contributed by atoms with E-state index in [2.05, 4.69) is 44.1 Å². The van der Waals surface area contributed by atoms with Crippen molar-refractivity contribution in [3.63, 3.8) is 0 Å². The number of esters is 8. The summed E-state index contributed by atoms with van der Waals surface area (Å²) in [4.78, 5) is 98.5. The first-order chi connectivity index (χ1) is 25.2. The van der Waals surface area contributed by atoms with Gasteiger partial charge in [0, 0.05) is 26.3 Å². The van der Waals surface area contributed by atoms with Gasteiger partial charge in [-0.2, -0.15) is 0 Å². The van der Waals surface area contributed by atoms with Crippen LogP contribution in [0.5, 0.6) is 0 Å². The Morgan fingerprint density at radius 2 is 1.19 bits per heavy atom. The molecule has 0 aromatic carbocycles. The van der Waals surface area contributed by atoms with Crippen LogP contribution in [0.25, 0.3) is 0 Å². The third-order valence-electron chi connectivity index (χ3n) is 8.47. The molecule has 0 saturated carbocycles. The number of hydrogen-bond donors (Lipinski definition) is 0. The second-order valence-corrected chi connectivity index (χ2v) is 14.0. The zero-order valence-corrected chi connectivity index (χ0v) is 33.0. The molecular formula is C38H56O16. The smallest absolute Gasteiger partial charge is 0.351 e. The fourth-order valence-corrected chi connectivity index (χ4v) is 5.98. The molecule has 0 radical (unpaired) electrons. The Kier molecular flexibility index (Phi) is 20.8. The van der Waals surface area contributed by atoms with Crippen LogP contribution in [0.2, 0.25) is 0 Å². The summed E-state index contributed by atoms with van der Waals surface area (Å²) < 4.78 is 39.0. The summed E-state index contributed by atoms with van der Waals surface area (Å²) in [7, 11) is 0. The molecule has 8 unspecified atom stereocenters. The molecule has 0 bridgehead atoms. The van der Waals surface area contributed by atoms with Gasteiger partial charge in [-0.15, -0.1) is 0 Å². The van der Waals surface area contributed by atoms with Gasteiger partial charge in [-0.05, 0) is 62.4 Å². The number of cyclic esters (lactones) is 1. The van der Waals surface area contributed by atoms with Gasteiger partial charge in [-0.3, -0.25) is 24.0 Å². The lowest BCUT2D eigenvalue weighted by Crippen LogP contribution is -2.42. The number of rotatable bonds is 22. The lowest BCUT2D eigenvalue weighted by Gasteiger charge is -2.21. The van der Waals surface area contributed by atoms with Gasteiger partial charge in [-0.1, -0.05) is 59.6 Å². The van der Waals surface area contributed by atoms with E-state index in [4.69, 9.17) is 28.4 Å². The van der Waals surface area contributed by atoms with E-state index in [-0.39, 0.29) is 17.9 Å². The Morgan fingerprint density at radius 1 is 0.685 bits per heavy atom. The van der Waals surface area contributed by atoms with Crippen LogP contribution >= 0.6 is 0 Å². The molecular weight excluding hydrogens is 712 g/mol. The molecule has 16 nitrogen and oxygen atoms in total. The molecule has 54 heavy (non-hydrogen) atoms. The summed E-state index contributed by atoms with van der Waals surface area (Å²) in [5.41, 5.74) is 0.716. The van der Waals surface area contributed by atoms with Gasteiger partial charge < -0.3 is 37.9 Å². The van der Waals surface area contributed by atoms with Crippen molar-refractivity contribution in [1.29, 1.82) is 0 Å². The summed E-state index contributed by atoms with van der Waals surface area (Å²) >= 11 is 0. The van der Waals surface area contributed by atoms with E-state index in [9.17, 15) is 38.4 Å². The van der Waals surface area contributed by atoms with E-state index in [0.29, 0.717) is 23.3 Å². The number of ether oxygens (including phenoxy) is 8. The zero-order valence-electron chi connectivity index (χ0n) is 33.0. The highest BCUT2D eigenvalue weighted by atomic mass is 16.7. The van der Waals surface area contributed by atoms with Crippen LogP contribution in [0.4, 0.5) is 0 Å². The quantitative estimate of drug-likeness (QED) is 0.0482. The van der Waals surface area contributed by atoms with E-state index in [0.717, 1.165) is 40.0 Å². The zero-order chi connectivity index (χ0) is 41.1. The van der Waals surface area contributed by atoms with Gasteiger partial charge in [0.2, 0.25) is 32.6 Å². The highest BCUT2D eigenvalue weighted by molar-refractivity contribution is 5.96. The molecule has 0 amide bonds. The van der Waals surface area contributed by atoms with E-state index in [1.165, 1.54) is 13.3 Å². The molecule has 1 rings (SSSR count). The predicted octanol–water partition coefficient (Wildman–Crippen LogP) is 4.65. The average Bonchev–Trinajstić information content (AvgIpc) is 3.38. The molecule has 0 spiro atoms. The maximum Gasteiger partial charge on any atom is 0.351 e. The maximum absolute atomic E-state index is 13.4. The van der Waals surface area contributed by atoms with Crippen LogP contribution in [0.1, 0.15) is 101 Å². The van der Waals surface area contributed by atoms with Crippen molar-refractivity contribution in [2.24, 2.45) is 35.5 Å². The minimum atomic E-state index is -2.02. The SMILES string of the molecule is CCC(C)CC(C)CC(C)CC(C)C=C(C)C=C(CC(C)C(=O)OC1C(=O)OC(C(=O)OCOC(C)=O)C1C(=O)OCOC(C)=O)C(=O)OCOC(C)=O. The molecule has 0 aliphatic carbocycles. The van der Waals surface area contributed by atoms with Crippen LogP contribution < -0.4 is 0 Å². The lowest BCUT2D eigenvalue weighted by atomic mass is 9.84. The van der Waals surface area contributed by atoms with Crippen LogP contribution in [-0.4, -0.2) is 80.3 Å². The van der Waals surface area contributed by atoms with E-state index in [1.54, 1.807) is 13.0 Å². The Bertz CT molecular complexity index is 1400. The van der Waals surface area contributed by atoms with Gasteiger partial charge in [-0.25, -0.2) is 14.4 Å². The first kappa shape index (κ1) is 47.3. The monoisotopic (exact) mass is 768 g/mol. The predicted molar refractivity (Wildman–Crippen MR) is 188 cm³/mol. The number of hydrogen-bond acceptors (Lipinski definition) is 16. The molecule has 1 aliphatic rings. The van der Waals surface area contributed by atoms with Crippen molar-refractivity contribution >= 4 is 47.8 Å². The Labute approximate surface area is 316 Å². The van der Waals surface area contributed by atoms with E-state index in [1.807, 2.05) is 6.08 Å². The summed E-state index contributed by atoms with van der Waals surface area (Å²) in [5.74, 6) is -9.36. The Hall–Kier alpha value is -4.76. The minimum absolute atomic E-state index is 0.0149. The molecule has 304 valence electrons. The molecule has 1 heterocycles. The van der Waals surface area contributed by atoms with Crippen molar-refractivity contribution in [3.8, 4) is 0 Å². The van der Waals surface area contributed by atoms with Crippen LogP contribution in [0.3, 0.4) is 0 Å². The van der Waals surface area contributed by atoms with E-state index >= 15 is 0 Å². The summed E-state index contributed by atoms with van der Waals surface area (Å²) in [6, 6.07) is 0. The normalized spacial score (nSPS) is 19.9. The molecule has 0 N–H and O–H groups in total. The summed E-state index contributed by atoms with van der Waals surface area (Å²) in [5, 5.41) is 0. The van der Waals surface area contributed by atoms with Crippen molar-refractivity contribution in [2.75, 3.05) is 20.4 Å². The van der Waals surface area contributed by atoms with E-state index < -0.39 is 92.2 Å². The third-order valence-corrected chi connectivity index (χ3v) is 8.47. The first-order valence-corrected chi connectivity index (χ1v) is 18.0. The highest BCUT2D eigenvalue weighted by Gasteiger charge is 2.56. The topological polar surface area (TPSA) is 210 Å². The van der Waals surface area contributed by atoms with Gasteiger partial charge >= 0.3 is 47.8 Å². The molecule has 0 aromatic rings. The lowest BCUT2D eigenvalue weighted by molar-refractivity contribution is -0.183. The van der Waals surface area contributed by atoms with Crippen LogP contribution in [-0.2, 0) is 76.3 Å². The highest BCUT2D eigenvalue weighted by Crippen LogP contribution is 2.30. The van der Waals surface area contributed by atoms with Crippen molar-refractivity contribution in [1.82, 2.24) is 0 Å². The summed E-state index contributed by atoms with van der Waals surface area (Å²) in [6.45, 7) is 15.0. The first-order valence-electron chi connectivity index (χ1n) is 18.0. The fourth-order valence-electron chi connectivity index (χ4n) is 5.98. The standard InChI is InChI=1S/C38H56O16/c1-11-21(2)12-22(3)13-23(4)14-24(5)15-25(6)16-30(35(43)50-18-47-27(8)39)17-26(7)34(42)53-33-31(36(44)51-19-48-28(9)40)32(54-38(33)46)37(45)52-20-49-29(10)41/h15-16,21-24,26,31-33H,11-14,17-20H2,1-10H3. The van der Waals surface area contributed by atoms with Gasteiger partial charge in [0.05, 0.1) is 5.92 Å². The molecule has 1 aliphatic heterocycles. The Balaban J connectivity index is 3.23. The van der Waals surface area contributed by atoms with Gasteiger partial charge in [0.15, 0.2) is 5.92 Å². The van der Waals surface area contributed by atoms with Crippen LogP contribution in [0.15, 0.2) is 23.3 Å². The second-order valence-electron chi connectivity index (χ2n) is 14.0. The average molecular weight is 769 g/mol. The number of carbonyl (C=O) groups excluding carboxylic acids is 8. The third kappa shape index (κ3) is 17.8. The molecule has 8 atom stereocenters. The molecule has 16 heteroatoms. The number of allylic oxidation sites excluding steroid dienone is 3. The minimum Gasteiger partial charge on any atom is -0.449 e. The van der Waals surface area contributed by atoms with Crippen molar-refractivity contribution in [3.05, 3.63) is 23.3 Å². The van der Waals surface area contributed by atoms with Gasteiger partial charge in [0.1, 0.15) is 0 Å². The largest absolute Gasteiger partial charge is 0.449 e. The maximum atomic E-state index is 13.4. The molecule has 1 saturated heterocycles. The van der Waals surface area contributed by atoms with Crippen molar-refractivity contribution in [2.45, 2.75) is 114 Å². The fraction of sp³-hybridized carbons (Fsp3) is 0.684.